The van der Waals surface area contributed by atoms with E-state index in [4.69, 9.17) is 0 Å². The molecular formula is C10H16S. The average Bonchev–Trinajstić information content (AvgIpc) is 2.71. The zero-order valence-corrected chi connectivity index (χ0v) is 8.14. The fourth-order valence-electron chi connectivity index (χ4n) is 4.12. The monoisotopic (exact) mass is 168 g/mol. The van der Waals surface area contributed by atoms with Crippen molar-refractivity contribution in [3.63, 3.8) is 0 Å². The first-order valence-electron chi connectivity index (χ1n) is 4.88. The van der Waals surface area contributed by atoms with Crippen LogP contribution in [-0.4, -0.2) is 5.25 Å². The molecule has 6 atom stereocenters. The van der Waals surface area contributed by atoms with Crippen LogP contribution in [0.5, 0.6) is 0 Å². The highest BCUT2D eigenvalue weighted by atomic mass is 32.1. The van der Waals surface area contributed by atoms with Crippen LogP contribution in [0.4, 0.5) is 0 Å². The summed E-state index contributed by atoms with van der Waals surface area (Å²) in [7, 11) is 0. The SMILES string of the molecule is CC1CCC2C1C21C(C)C1S. The van der Waals surface area contributed by atoms with Crippen molar-refractivity contribution in [1.82, 2.24) is 0 Å². The van der Waals surface area contributed by atoms with Gasteiger partial charge in [0, 0.05) is 5.25 Å². The van der Waals surface area contributed by atoms with Crippen LogP contribution in [0, 0.1) is 29.1 Å². The first-order valence-corrected chi connectivity index (χ1v) is 5.40. The average molecular weight is 168 g/mol. The number of fused-ring (bicyclic) bond motifs is 3. The van der Waals surface area contributed by atoms with Gasteiger partial charge in [0.15, 0.2) is 0 Å². The Hall–Kier alpha value is 0.350. The Kier molecular flexibility index (Phi) is 1.03. The summed E-state index contributed by atoms with van der Waals surface area (Å²) in [6.45, 7) is 4.83. The molecule has 3 aliphatic rings. The fraction of sp³-hybridized carbons (Fsp3) is 1.00. The Balaban J connectivity index is 1.88. The zero-order valence-electron chi connectivity index (χ0n) is 7.25. The van der Waals surface area contributed by atoms with Crippen molar-refractivity contribution in [1.29, 1.82) is 0 Å². The van der Waals surface area contributed by atoms with E-state index in [1.165, 1.54) is 12.8 Å². The van der Waals surface area contributed by atoms with E-state index in [1.54, 1.807) is 0 Å². The van der Waals surface area contributed by atoms with E-state index in [1.807, 2.05) is 0 Å². The normalized spacial score (nSPS) is 71.7. The first kappa shape index (κ1) is 6.82. The second kappa shape index (κ2) is 1.66. The maximum atomic E-state index is 4.66. The molecule has 11 heavy (non-hydrogen) atoms. The molecule has 3 rings (SSSR count). The van der Waals surface area contributed by atoms with Gasteiger partial charge >= 0.3 is 0 Å². The maximum absolute atomic E-state index is 4.66. The summed E-state index contributed by atoms with van der Waals surface area (Å²) in [5, 5.41) is 0.764. The molecule has 1 spiro atoms. The Morgan fingerprint density at radius 2 is 1.91 bits per heavy atom. The molecule has 0 aromatic carbocycles. The molecule has 62 valence electrons. The Morgan fingerprint density at radius 1 is 1.27 bits per heavy atom. The summed E-state index contributed by atoms with van der Waals surface area (Å²) in [5.74, 6) is 4.12. The molecule has 0 aromatic heterocycles. The lowest BCUT2D eigenvalue weighted by atomic mass is 10.00. The molecule has 3 aliphatic carbocycles. The van der Waals surface area contributed by atoms with Gasteiger partial charge in [0.2, 0.25) is 0 Å². The van der Waals surface area contributed by atoms with Gasteiger partial charge in [-0.3, -0.25) is 0 Å². The van der Waals surface area contributed by atoms with Crippen LogP contribution in [0.25, 0.3) is 0 Å². The van der Waals surface area contributed by atoms with Crippen molar-refractivity contribution in [3.05, 3.63) is 0 Å². The summed E-state index contributed by atoms with van der Waals surface area (Å²) in [4.78, 5) is 0. The molecular weight excluding hydrogens is 152 g/mol. The molecule has 0 amide bonds. The smallest absolute Gasteiger partial charge is 0.0113 e. The van der Waals surface area contributed by atoms with E-state index < -0.39 is 0 Å². The Morgan fingerprint density at radius 3 is 2.18 bits per heavy atom. The highest BCUT2D eigenvalue weighted by molar-refractivity contribution is 7.81. The van der Waals surface area contributed by atoms with Gasteiger partial charge in [-0.2, -0.15) is 12.6 Å². The predicted molar refractivity (Wildman–Crippen MR) is 49.7 cm³/mol. The topological polar surface area (TPSA) is 0 Å². The summed E-state index contributed by atoms with van der Waals surface area (Å²) in [6.07, 6.45) is 3.00. The third-order valence-corrected chi connectivity index (χ3v) is 5.65. The molecule has 3 saturated carbocycles. The minimum absolute atomic E-state index is 0.764. The number of rotatable bonds is 0. The van der Waals surface area contributed by atoms with Crippen LogP contribution in [0.3, 0.4) is 0 Å². The quantitative estimate of drug-likeness (QED) is 0.528. The zero-order chi connectivity index (χ0) is 7.80. The number of hydrogen-bond donors (Lipinski definition) is 1. The van der Waals surface area contributed by atoms with Gasteiger partial charge in [-0.1, -0.05) is 20.3 Å². The minimum Gasteiger partial charge on any atom is -0.175 e. The molecule has 0 radical (unpaired) electrons. The lowest BCUT2D eigenvalue weighted by Gasteiger charge is -2.06. The maximum Gasteiger partial charge on any atom is 0.0113 e. The van der Waals surface area contributed by atoms with Crippen molar-refractivity contribution < 1.29 is 0 Å². The summed E-state index contributed by atoms with van der Waals surface area (Å²) in [5.41, 5.74) is 0.765. The molecule has 0 heterocycles. The van der Waals surface area contributed by atoms with E-state index in [0.717, 1.165) is 34.3 Å². The van der Waals surface area contributed by atoms with Gasteiger partial charge in [-0.05, 0) is 35.5 Å². The van der Waals surface area contributed by atoms with Crippen LogP contribution in [-0.2, 0) is 0 Å². The molecule has 0 bridgehead atoms. The van der Waals surface area contributed by atoms with E-state index in [0.29, 0.717) is 0 Å². The molecule has 0 saturated heterocycles. The second-order valence-corrected chi connectivity index (χ2v) is 5.48. The van der Waals surface area contributed by atoms with Gasteiger partial charge < -0.3 is 0 Å². The largest absolute Gasteiger partial charge is 0.175 e. The molecule has 0 nitrogen and oxygen atoms in total. The Labute approximate surface area is 74.2 Å². The lowest BCUT2D eigenvalue weighted by molar-refractivity contribution is 0.442. The van der Waals surface area contributed by atoms with Gasteiger partial charge in [0.1, 0.15) is 0 Å². The van der Waals surface area contributed by atoms with Crippen molar-refractivity contribution in [2.24, 2.45) is 29.1 Å². The van der Waals surface area contributed by atoms with Gasteiger partial charge in [0.05, 0.1) is 0 Å². The van der Waals surface area contributed by atoms with E-state index in [9.17, 15) is 0 Å². The van der Waals surface area contributed by atoms with Crippen molar-refractivity contribution >= 4 is 12.6 Å². The number of thiol groups is 1. The van der Waals surface area contributed by atoms with E-state index in [2.05, 4.69) is 26.5 Å². The summed E-state index contributed by atoms with van der Waals surface area (Å²) >= 11 is 4.66. The molecule has 3 fully saturated rings. The highest BCUT2D eigenvalue weighted by Gasteiger charge is 2.83. The summed E-state index contributed by atoms with van der Waals surface area (Å²) < 4.78 is 0. The van der Waals surface area contributed by atoms with Crippen molar-refractivity contribution in [2.75, 3.05) is 0 Å². The van der Waals surface area contributed by atoms with Crippen LogP contribution in [0.2, 0.25) is 0 Å². The minimum atomic E-state index is 0.764. The fourth-order valence-corrected chi connectivity index (χ4v) is 4.89. The summed E-state index contributed by atoms with van der Waals surface area (Å²) in [6, 6.07) is 0. The van der Waals surface area contributed by atoms with Gasteiger partial charge in [-0.15, -0.1) is 0 Å². The number of hydrogen-bond acceptors (Lipinski definition) is 1. The molecule has 1 heteroatoms. The van der Waals surface area contributed by atoms with Crippen molar-refractivity contribution in [3.8, 4) is 0 Å². The van der Waals surface area contributed by atoms with Crippen LogP contribution < -0.4 is 0 Å². The van der Waals surface area contributed by atoms with Crippen LogP contribution in [0.1, 0.15) is 26.7 Å². The second-order valence-electron chi connectivity index (χ2n) is 4.92. The lowest BCUT2D eigenvalue weighted by Crippen LogP contribution is -1.99. The van der Waals surface area contributed by atoms with Gasteiger partial charge in [0.25, 0.3) is 0 Å². The molecule has 6 unspecified atom stereocenters. The van der Waals surface area contributed by atoms with E-state index >= 15 is 0 Å². The predicted octanol–water partition coefficient (Wildman–Crippen LogP) is 2.60. The standard InChI is InChI=1S/C10H16S/c1-5-3-4-7-8(5)10(7)6(2)9(10)11/h5-9,11H,3-4H2,1-2H3. The molecule has 0 N–H and O–H groups in total. The Bertz CT molecular complexity index is 203. The molecule has 0 aromatic rings. The third kappa shape index (κ3) is 0.517. The van der Waals surface area contributed by atoms with Crippen LogP contribution in [0.15, 0.2) is 0 Å². The highest BCUT2D eigenvalue weighted by Crippen LogP contribution is 2.85. The van der Waals surface area contributed by atoms with E-state index in [-0.39, 0.29) is 0 Å². The van der Waals surface area contributed by atoms with Gasteiger partial charge in [-0.25, -0.2) is 0 Å². The van der Waals surface area contributed by atoms with Crippen LogP contribution >= 0.6 is 12.6 Å². The first-order chi connectivity index (χ1) is 5.20. The van der Waals surface area contributed by atoms with Crippen molar-refractivity contribution in [2.45, 2.75) is 31.9 Å². The third-order valence-electron chi connectivity index (χ3n) is 4.76. The molecule has 0 aliphatic heterocycles.